The van der Waals surface area contributed by atoms with Gasteiger partial charge < -0.3 is 14.8 Å². The van der Waals surface area contributed by atoms with Crippen molar-refractivity contribution in [3.05, 3.63) is 53.6 Å². The minimum atomic E-state index is -3.60. The van der Waals surface area contributed by atoms with E-state index in [4.69, 9.17) is 9.47 Å². The molecule has 0 bridgehead atoms. The van der Waals surface area contributed by atoms with Gasteiger partial charge in [-0.1, -0.05) is 12.1 Å². The third kappa shape index (κ3) is 4.47. The van der Waals surface area contributed by atoms with Crippen LogP contribution in [-0.2, 0) is 14.8 Å². The summed E-state index contributed by atoms with van der Waals surface area (Å²) in [5.41, 5.74) is 1.78. The van der Waals surface area contributed by atoms with Gasteiger partial charge in [0.2, 0.25) is 15.9 Å². The van der Waals surface area contributed by atoms with Crippen LogP contribution in [0.5, 0.6) is 11.5 Å². The Morgan fingerprint density at radius 2 is 1.81 bits per heavy atom. The molecule has 3 rings (SSSR count). The summed E-state index contributed by atoms with van der Waals surface area (Å²) in [6.45, 7) is 2.70. The van der Waals surface area contributed by atoms with E-state index in [1.54, 1.807) is 37.3 Å². The van der Waals surface area contributed by atoms with E-state index in [1.165, 1.54) is 19.2 Å². The first-order valence-corrected chi connectivity index (χ1v) is 9.80. The molecule has 0 unspecified atom stereocenters. The van der Waals surface area contributed by atoms with Crippen LogP contribution in [0.1, 0.15) is 11.1 Å². The number of nitrogens with one attached hydrogen (secondary N) is 2. The first-order chi connectivity index (χ1) is 12.9. The predicted octanol–water partition coefficient (Wildman–Crippen LogP) is 2.33. The minimum absolute atomic E-state index is 0.124. The molecule has 0 aromatic heterocycles. The van der Waals surface area contributed by atoms with Crippen molar-refractivity contribution >= 4 is 27.7 Å². The monoisotopic (exact) mass is 388 g/mol. The molecule has 0 spiro atoms. The molecule has 7 nitrogen and oxygen atoms in total. The summed E-state index contributed by atoms with van der Waals surface area (Å²) < 4.78 is 37.3. The average molecular weight is 388 g/mol. The van der Waals surface area contributed by atoms with Gasteiger partial charge in [-0.2, -0.15) is 0 Å². The summed E-state index contributed by atoms with van der Waals surface area (Å²) in [5, 5.41) is 2.66. The molecule has 2 N–H and O–H groups in total. The lowest BCUT2D eigenvalue weighted by atomic mass is 10.1. The minimum Gasteiger partial charge on any atom is -0.486 e. The molecule has 0 atom stereocenters. The highest BCUT2D eigenvalue weighted by Gasteiger charge is 2.15. The van der Waals surface area contributed by atoms with Gasteiger partial charge in [0, 0.05) is 11.8 Å². The number of carbonyl (C=O) groups excluding carboxylic acids is 1. The van der Waals surface area contributed by atoms with Crippen LogP contribution in [0.25, 0.3) is 6.08 Å². The highest BCUT2D eigenvalue weighted by molar-refractivity contribution is 7.89. The summed E-state index contributed by atoms with van der Waals surface area (Å²) in [7, 11) is -2.25. The maximum Gasteiger partial charge on any atom is 0.248 e. The van der Waals surface area contributed by atoms with Crippen LogP contribution >= 0.6 is 0 Å². The van der Waals surface area contributed by atoms with Gasteiger partial charge in [0.15, 0.2) is 11.5 Å². The van der Waals surface area contributed by atoms with E-state index in [-0.39, 0.29) is 10.8 Å². The van der Waals surface area contributed by atoms with Crippen molar-refractivity contribution in [2.45, 2.75) is 11.8 Å². The lowest BCUT2D eigenvalue weighted by molar-refractivity contribution is -0.111. The van der Waals surface area contributed by atoms with Gasteiger partial charge in [0.05, 0.1) is 4.90 Å². The smallest absolute Gasteiger partial charge is 0.248 e. The summed E-state index contributed by atoms with van der Waals surface area (Å²) in [5.74, 6) is 0.951. The molecule has 1 amide bonds. The second-order valence-corrected chi connectivity index (χ2v) is 7.77. The Labute approximate surface area is 158 Å². The Morgan fingerprint density at radius 3 is 2.56 bits per heavy atom. The number of amides is 1. The zero-order chi connectivity index (χ0) is 19.4. The van der Waals surface area contributed by atoms with Crippen molar-refractivity contribution < 1.29 is 22.7 Å². The van der Waals surface area contributed by atoms with E-state index >= 15 is 0 Å². The Hall–Kier alpha value is -2.84. The number of anilines is 1. The second kappa shape index (κ2) is 7.81. The number of sulfonamides is 1. The average Bonchev–Trinajstić information content (AvgIpc) is 2.67. The molecule has 0 fully saturated rings. The summed E-state index contributed by atoms with van der Waals surface area (Å²) in [6, 6.07) is 10.1. The molecule has 2 aromatic carbocycles. The SMILES string of the molecule is CNS(=O)(=O)c1cc(NC(=O)/C=C/c2ccc3c(c2)OCCO3)ccc1C. The van der Waals surface area contributed by atoms with E-state index in [0.29, 0.717) is 36.0 Å². The molecule has 142 valence electrons. The number of hydrogen-bond donors (Lipinski definition) is 2. The highest BCUT2D eigenvalue weighted by Crippen LogP contribution is 2.31. The molecule has 27 heavy (non-hydrogen) atoms. The third-order valence-electron chi connectivity index (χ3n) is 4.01. The van der Waals surface area contributed by atoms with Gasteiger partial charge >= 0.3 is 0 Å². The van der Waals surface area contributed by atoms with Gasteiger partial charge in [-0.3, -0.25) is 4.79 Å². The number of aryl methyl sites for hydroxylation is 1. The van der Waals surface area contributed by atoms with Crippen molar-refractivity contribution in [2.24, 2.45) is 0 Å². The number of rotatable bonds is 5. The van der Waals surface area contributed by atoms with Crippen LogP contribution in [0.3, 0.4) is 0 Å². The second-order valence-electron chi connectivity index (χ2n) is 5.91. The summed E-state index contributed by atoms with van der Waals surface area (Å²) >= 11 is 0. The van der Waals surface area contributed by atoms with Crippen LogP contribution in [-0.4, -0.2) is 34.6 Å². The van der Waals surface area contributed by atoms with Gasteiger partial charge in [0.25, 0.3) is 0 Å². The van der Waals surface area contributed by atoms with Crippen LogP contribution < -0.4 is 19.5 Å². The molecule has 0 radical (unpaired) electrons. The molecule has 0 saturated heterocycles. The molecule has 0 saturated carbocycles. The van der Waals surface area contributed by atoms with Gasteiger partial charge in [-0.25, -0.2) is 13.1 Å². The highest BCUT2D eigenvalue weighted by atomic mass is 32.2. The van der Waals surface area contributed by atoms with Crippen molar-refractivity contribution in [2.75, 3.05) is 25.6 Å². The van der Waals surface area contributed by atoms with Crippen molar-refractivity contribution in [1.82, 2.24) is 4.72 Å². The fourth-order valence-electron chi connectivity index (χ4n) is 2.60. The summed E-state index contributed by atoms with van der Waals surface area (Å²) in [6.07, 6.45) is 3.02. The molecular weight excluding hydrogens is 368 g/mol. The number of fused-ring (bicyclic) bond motifs is 1. The van der Waals surface area contributed by atoms with Crippen molar-refractivity contribution in [3.8, 4) is 11.5 Å². The zero-order valence-corrected chi connectivity index (χ0v) is 15.8. The molecule has 8 heteroatoms. The fourth-order valence-corrected chi connectivity index (χ4v) is 3.59. The number of ether oxygens (including phenoxy) is 2. The van der Waals surface area contributed by atoms with E-state index in [0.717, 1.165) is 5.56 Å². The Morgan fingerprint density at radius 1 is 1.07 bits per heavy atom. The van der Waals surface area contributed by atoms with Crippen LogP contribution in [0.2, 0.25) is 0 Å². The topological polar surface area (TPSA) is 93.7 Å². The standard InChI is InChI=1S/C19H20N2O5S/c1-13-3-6-15(12-18(13)27(23,24)20-2)21-19(22)8-5-14-4-7-16-17(11-14)26-10-9-25-16/h3-8,11-12,20H,9-10H2,1-2H3,(H,21,22)/b8-5+. The lowest BCUT2D eigenvalue weighted by Crippen LogP contribution is -2.20. The van der Waals surface area contributed by atoms with E-state index in [1.807, 2.05) is 6.07 Å². The molecular formula is C19H20N2O5S. The quantitative estimate of drug-likeness (QED) is 0.767. The van der Waals surface area contributed by atoms with Gasteiger partial charge in [-0.05, 0) is 55.4 Å². The maximum atomic E-state index is 12.2. The third-order valence-corrected chi connectivity index (χ3v) is 5.56. The molecule has 2 aromatic rings. The van der Waals surface area contributed by atoms with E-state index in [2.05, 4.69) is 10.0 Å². The largest absolute Gasteiger partial charge is 0.486 e. The first-order valence-electron chi connectivity index (χ1n) is 8.32. The van der Waals surface area contributed by atoms with Crippen LogP contribution in [0.15, 0.2) is 47.4 Å². The van der Waals surface area contributed by atoms with E-state index in [9.17, 15) is 13.2 Å². The van der Waals surface area contributed by atoms with Crippen LogP contribution in [0.4, 0.5) is 5.69 Å². The summed E-state index contributed by atoms with van der Waals surface area (Å²) in [4.78, 5) is 12.3. The molecule has 0 aliphatic carbocycles. The predicted molar refractivity (Wildman–Crippen MR) is 103 cm³/mol. The van der Waals surface area contributed by atoms with Gasteiger partial charge in [-0.15, -0.1) is 0 Å². The Bertz CT molecular complexity index is 999. The van der Waals surface area contributed by atoms with Crippen LogP contribution in [0, 0.1) is 6.92 Å². The van der Waals surface area contributed by atoms with Crippen molar-refractivity contribution in [1.29, 1.82) is 0 Å². The molecule has 1 heterocycles. The van der Waals surface area contributed by atoms with Crippen molar-refractivity contribution in [3.63, 3.8) is 0 Å². The molecule has 1 aliphatic rings. The maximum absolute atomic E-state index is 12.2. The molecule has 1 aliphatic heterocycles. The number of carbonyl (C=O) groups is 1. The fraction of sp³-hybridized carbons (Fsp3) is 0.211. The lowest BCUT2D eigenvalue weighted by Gasteiger charge is -2.18. The Balaban J connectivity index is 1.73. The van der Waals surface area contributed by atoms with E-state index < -0.39 is 10.0 Å². The number of benzene rings is 2. The van der Waals surface area contributed by atoms with Gasteiger partial charge in [0.1, 0.15) is 13.2 Å². The normalized spacial score (nSPS) is 13.6. The Kier molecular flexibility index (Phi) is 5.48. The number of hydrogen-bond acceptors (Lipinski definition) is 5. The first kappa shape index (κ1) is 18.9. The zero-order valence-electron chi connectivity index (χ0n) is 15.0.